The van der Waals surface area contributed by atoms with E-state index in [2.05, 4.69) is 5.32 Å². The molecule has 0 saturated heterocycles. The first-order valence-corrected chi connectivity index (χ1v) is 5.35. The Morgan fingerprint density at radius 3 is 2.59 bits per heavy atom. The van der Waals surface area contributed by atoms with E-state index in [4.69, 9.17) is 23.1 Å². The maximum atomic E-state index is 11.5. The third-order valence-corrected chi connectivity index (χ3v) is 2.70. The summed E-state index contributed by atoms with van der Waals surface area (Å²) in [7, 11) is 0. The van der Waals surface area contributed by atoms with Crippen molar-refractivity contribution in [3.63, 3.8) is 0 Å². The summed E-state index contributed by atoms with van der Waals surface area (Å²) in [4.78, 5) is 22.8. The first kappa shape index (κ1) is 13.5. The largest absolute Gasteiger partial charge is 0.367 e. The van der Waals surface area contributed by atoms with Gasteiger partial charge in [-0.25, -0.2) is 0 Å². The Balaban J connectivity index is 3.16. The number of primary amides is 1. The molecular weight excluding hydrogens is 242 g/mol. The van der Waals surface area contributed by atoms with Crippen LogP contribution in [0.5, 0.6) is 0 Å². The summed E-state index contributed by atoms with van der Waals surface area (Å²) in [5, 5.41) is 2.94. The fraction of sp³-hybridized carbons (Fsp3) is 0.273. The highest BCUT2D eigenvalue weighted by Crippen LogP contribution is 2.23. The highest BCUT2D eigenvalue weighted by atomic mass is 35.5. The molecule has 0 fully saturated rings. The number of carbonyl (C=O) groups excluding carboxylic acids is 2. The Bertz CT molecular complexity index is 450. The van der Waals surface area contributed by atoms with Crippen molar-refractivity contribution >= 4 is 23.4 Å². The molecular formula is C11H14ClN3O2. The molecule has 1 aromatic rings. The van der Waals surface area contributed by atoms with Crippen molar-refractivity contribution in [1.29, 1.82) is 0 Å². The maximum absolute atomic E-state index is 11.5. The molecule has 0 aromatic heterocycles. The number of halogens is 1. The van der Waals surface area contributed by atoms with Crippen LogP contribution in [0, 0.1) is 0 Å². The van der Waals surface area contributed by atoms with Crippen LogP contribution >= 0.6 is 11.6 Å². The predicted molar refractivity (Wildman–Crippen MR) is 65.2 cm³/mol. The average Bonchev–Trinajstić information content (AvgIpc) is 2.28. The van der Waals surface area contributed by atoms with E-state index in [1.807, 2.05) is 0 Å². The molecule has 1 unspecified atom stereocenters. The van der Waals surface area contributed by atoms with Crippen LogP contribution in [0.15, 0.2) is 24.3 Å². The molecule has 0 radical (unpaired) electrons. The first-order valence-electron chi connectivity index (χ1n) is 4.97. The average molecular weight is 256 g/mol. The van der Waals surface area contributed by atoms with E-state index >= 15 is 0 Å². The lowest BCUT2D eigenvalue weighted by molar-refractivity contribution is -0.130. The zero-order valence-electron chi connectivity index (χ0n) is 9.37. The fourth-order valence-corrected chi connectivity index (χ4v) is 1.60. The summed E-state index contributed by atoms with van der Waals surface area (Å²) in [6.07, 6.45) is 0. The quantitative estimate of drug-likeness (QED) is 0.712. The Morgan fingerprint density at radius 1 is 1.47 bits per heavy atom. The monoisotopic (exact) mass is 255 g/mol. The van der Waals surface area contributed by atoms with Gasteiger partial charge in [-0.15, -0.1) is 0 Å². The lowest BCUT2D eigenvalue weighted by Crippen LogP contribution is -2.54. The van der Waals surface area contributed by atoms with Crippen molar-refractivity contribution in [1.82, 2.24) is 5.32 Å². The summed E-state index contributed by atoms with van der Waals surface area (Å²) >= 11 is 5.84. The van der Waals surface area contributed by atoms with E-state index in [9.17, 15) is 9.59 Å². The lowest BCUT2D eigenvalue weighted by Gasteiger charge is -2.27. The summed E-state index contributed by atoms with van der Waals surface area (Å²) < 4.78 is 0. The number of nitrogens with two attached hydrogens (primary N) is 2. The van der Waals surface area contributed by atoms with E-state index in [-0.39, 0.29) is 6.54 Å². The number of nitrogens with one attached hydrogen (secondary N) is 1. The smallest absolute Gasteiger partial charge is 0.247 e. The Morgan fingerprint density at radius 2 is 2.12 bits per heavy atom. The fourth-order valence-electron chi connectivity index (χ4n) is 1.41. The van der Waals surface area contributed by atoms with Gasteiger partial charge in [0, 0.05) is 5.02 Å². The summed E-state index contributed by atoms with van der Waals surface area (Å²) in [6.45, 7) is 1.29. The minimum absolute atomic E-state index is 0.219. The molecule has 0 saturated carbocycles. The lowest BCUT2D eigenvalue weighted by atomic mass is 9.91. The van der Waals surface area contributed by atoms with Gasteiger partial charge in [0.25, 0.3) is 0 Å². The molecule has 0 bridgehead atoms. The van der Waals surface area contributed by atoms with Gasteiger partial charge in [-0.2, -0.15) is 0 Å². The van der Waals surface area contributed by atoms with Gasteiger partial charge in [-0.3, -0.25) is 9.59 Å². The van der Waals surface area contributed by atoms with Crippen molar-refractivity contribution in [3.05, 3.63) is 34.9 Å². The zero-order chi connectivity index (χ0) is 13.1. The maximum Gasteiger partial charge on any atom is 0.247 e. The number of carbonyl (C=O) groups is 2. The van der Waals surface area contributed by atoms with Crippen LogP contribution in [-0.4, -0.2) is 18.4 Å². The molecule has 0 heterocycles. The van der Waals surface area contributed by atoms with Crippen LogP contribution in [0.25, 0.3) is 0 Å². The van der Waals surface area contributed by atoms with E-state index < -0.39 is 17.4 Å². The Labute approximate surface area is 104 Å². The molecule has 6 heteroatoms. The van der Waals surface area contributed by atoms with Crippen molar-refractivity contribution in [2.45, 2.75) is 12.5 Å². The number of amides is 2. The van der Waals surface area contributed by atoms with Crippen molar-refractivity contribution in [2.24, 2.45) is 11.5 Å². The van der Waals surface area contributed by atoms with Gasteiger partial charge in [-0.05, 0) is 24.6 Å². The van der Waals surface area contributed by atoms with Crippen LogP contribution in [0.3, 0.4) is 0 Å². The van der Waals surface area contributed by atoms with E-state index in [0.29, 0.717) is 10.6 Å². The minimum atomic E-state index is -1.32. The van der Waals surface area contributed by atoms with Crippen LogP contribution in [0.1, 0.15) is 12.5 Å². The van der Waals surface area contributed by atoms with Crippen LogP contribution in [0.4, 0.5) is 0 Å². The summed E-state index contributed by atoms with van der Waals surface area (Å²) in [6, 6.07) is 6.57. The van der Waals surface area contributed by atoms with Crippen molar-refractivity contribution < 1.29 is 9.59 Å². The van der Waals surface area contributed by atoms with Crippen molar-refractivity contribution in [3.8, 4) is 0 Å². The highest BCUT2D eigenvalue weighted by molar-refractivity contribution is 6.30. The summed E-state index contributed by atoms with van der Waals surface area (Å²) in [5.74, 6) is -1.15. The van der Waals surface area contributed by atoms with E-state index in [1.165, 1.54) is 6.92 Å². The SMILES string of the molecule is CC(NC(=O)CN)(C(N)=O)c1cccc(Cl)c1. The molecule has 0 aliphatic rings. The van der Waals surface area contributed by atoms with Crippen LogP contribution in [-0.2, 0) is 15.1 Å². The molecule has 0 aliphatic carbocycles. The topological polar surface area (TPSA) is 98.2 Å². The van der Waals surface area contributed by atoms with Gasteiger partial charge in [0.05, 0.1) is 6.54 Å². The van der Waals surface area contributed by atoms with Gasteiger partial charge >= 0.3 is 0 Å². The standard InChI is InChI=1S/C11H14ClN3O2/c1-11(10(14)17,15-9(16)6-13)7-3-2-4-8(12)5-7/h2-5H,6,13H2,1H3,(H2,14,17)(H,15,16). The minimum Gasteiger partial charge on any atom is -0.367 e. The van der Waals surface area contributed by atoms with Gasteiger partial charge in [0.1, 0.15) is 5.54 Å². The van der Waals surface area contributed by atoms with E-state index in [0.717, 1.165) is 0 Å². The first-order chi connectivity index (χ1) is 7.90. The molecule has 2 amide bonds. The molecule has 0 spiro atoms. The van der Waals surface area contributed by atoms with Crippen molar-refractivity contribution in [2.75, 3.05) is 6.54 Å². The highest BCUT2D eigenvalue weighted by Gasteiger charge is 2.34. The molecule has 5 N–H and O–H groups in total. The second kappa shape index (κ2) is 5.16. The zero-order valence-corrected chi connectivity index (χ0v) is 10.1. The number of hydrogen-bond acceptors (Lipinski definition) is 3. The molecule has 17 heavy (non-hydrogen) atoms. The Hall–Kier alpha value is -1.59. The molecule has 1 aromatic carbocycles. The molecule has 5 nitrogen and oxygen atoms in total. The Kier molecular flexibility index (Phi) is 4.09. The normalized spacial score (nSPS) is 13.8. The second-order valence-corrected chi connectivity index (χ2v) is 4.19. The summed E-state index contributed by atoms with van der Waals surface area (Å²) in [5.41, 5.74) is 9.71. The third-order valence-electron chi connectivity index (χ3n) is 2.47. The van der Waals surface area contributed by atoms with Gasteiger partial charge in [0.15, 0.2) is 0 Å². The number of benzene rings is 1. The number of hydrogen-bond donors (Lipinski definition) is 3. The van der Waals surface area contributed by atoms with Crippen LogP contribution < -0.4 is 16.8 Å². The number of rotatable bonds is 4. The molecule has 1 rings (SSSR count). The molecule has 92 valence electrons. The molecule has 1 atom stereocenters. The van der Waals surface area contributed by atoms with Gasteiger partial charge in [-0.1, -0.05) is 23.7 Å². The second-order valence-electron chi connectivity index (χ2n) is 3.75. The third kappa shape index (κ3) is 2.95. The molecule has 0 aliphatic heterocycles. The van der Waals surface area contributed by atoms with Gasteiger partial charge < -0.3 is 16.8 Å². The van der Waals surface area contributed by atoms with E-state index in [1.54, 1.807) is 24.3 Å². The van der Waals surface area contributed by atoms with Crippen LogP contribution in [0.2, 0.25) is 5.02 Å². The predicted octanol–water partition coefficient (Wildman–Crippen LogP) is 0.115. The van der Waals surface area contributed by atoms with Gasteiger partial charge in [0.2, 0.25) is 11.8 Å².